The Morgan fingerprint density at radius 1 is 1.22 bits per heavy atom. The van der Waals surface area contributed by atoms with Gasteiger partial charge >= 0.3 is 5.97 Å². The van der Waals surface area contributed by atoms with E-state index in [2.05, 4.69) is 15.5 Å². The lowest BCUT2D eigenvalue weighted by molar-refractivity contribution is -0.384. The zero-order valence-corrected chi connectivity index (χ0v) is 15.1. The number of nitro benzene ring substituents is 1. The number of hydrogen-bond donors (Lipinski definition) is 1. The van der Waals surface area contributed by atoms with Gasteiger partial charge in [0.05, 0.1) is 40.3 Å². The number of ether oxygens (including phenoxy) is 1. The molecule has 0 unspecified atom stereocenters. The van der Waals surface area contributed by atoms with Crippen molar-refractivity contribution in [3.05, 3.63) is 68.5 Å². The monoisotopic (exact) mass is 370 g/mol. The smallest absolute Gasteiger partial charge is 0.339 e. The van der Waals surface area contributed by atoms with Crippen LogP contribution in [0.2, 0.25) is 0 Å². The lowest BCUT2D eigenvalue weighted by atomic mass is 10.1. The van der Waals surface area contributed by atoms with E-state index in [9.17, 15) is 19.7 Å². The van der Waals surface area contributed by atoms with E-state index in [1.807, 2.05) is 0 Å². The molecule has 9 nitrogen and oxygen atoms in total. The fourth-order valence-corrected chi connectivity index (χ4v) is 2.28. The molecular formula is C18H18N4O5. The first kappa shape index (κ1) is 19.7. The highest BCUT2D eigenvalue weighted by atomic mass is 16.6. The van der Waals surface area contributed by atoms with Crippen LogP contribution in [0.4, 0.5) is 5.69 Å². The SMILES string of the molecule is CCOC(=O)c1cc(C(=O)N/N=C\c2ccc([N+](=O)[O-])cc2)c(C)nc1C. The molecule has 0 aliphatic rings. The summed E-state index contributed by atoms with van der Waals surface area (Å²) >= 11 is 0. The first-order valence-corrected chi connectivity index (χ1v) is 8.06. The van der Waals surface area contributed by atoms with Crippen LogP contribution in [0.3, 0.4) is 0 Å². The van der Waals surface area contributed by atoms with E-state index in [1.54, 1.807) is 20.8 Å². The molecule has 0 spiro atoms. The maximum absolute atomic E-state index is 12.3. The summed E-state index contributed by atoms with van der Waals surface area (Å²) in [6.45, 7) is 5.22. The summed E-state index contributed by atoms with van der Waals surface area (Å²) in [4.78, 5) is 38.6. The Bertz CT molecular complexity index is 907. The number of nitrogens with one attached hydrogen (secondary N) is 1. The van der Waals surface area contributed by atoms with Crippen LogP contribution in [0.15, 0.2) is 35.4 Å². The molecule has 0 saturated carbocycles. The summed E-state index contributed by atoms with van der Waals surface area (Å²) in [6.07, 6.45) is 1.35. The zero-order valence-electron chi connectivity index (χ0n) is 15.1. The number of carbonyl (C=O) groups excluding carboxylic acids is 2. The molecule has 0 atom stereocenters. The highest BCUT2D eigenvalue weighted by molar-refractivity contribution is 5.99. The van der Waals surface area contributed by atoms with Gasteiger partial charge in [0.2, 0.25) is 0 Å². The number of aryl methyl sites for hydroxylation is 2. The summed E-state index contributed by atoms with van der Waals surface area (Å²) in [7, 11) is 0. The van der Waals surface area contributed by atoms with Gasteiger partial charge in [0.15, 0.2) is 0 Å². The molecule has 0 fully saturated rings. The van der Waals surface area contributed by atoms with Gasteiger partial charge < -0.3 is 4.74 Å². The Kier molecular flexibility index (Phi) is 6.32. The van der Waals surface area contributed by atoms with Crippen molar-refractivity contribution in [3.8, 4) is 0 Å². The maximum atomic E-state index is 12.3. The fraction of sp³-hybridized carbons (Fsp3) is 0.222. The molecule has 0 radical (unpaired) electrons. The van der Waals surface area contributed by atoms with Crippen molar-refractivity contribution in [1.82, 2.24) is 10.4 Å². The number of hydrazone groups is 1. The first-order chi connectivity index (χ1) is 12.8. The van der Waals surface area contributed by atoms with E-state index in [1.165, 1.54) is 36.5 Å². The van der Waals surface area contributed by atoms with Gasteiger partial charge in [0, 0.05) is 12.1 Å². The quantitative estimate of drug-likeness (QED) is 0.361. The lowest BCUT2D eigenvalue weighted by Gasteiger charge is -2.09. The van der Waals surface area contributed by atoms with Crippen molar-refractivity contribution in [2.24, 2.45) is 5.10 Å². The molecule has 0 bridgehead atoms. The summed E-state index contributed by atoms with van der Waals surface area (Å²) in [6, 6.07) is 7.11. The number of esters is 1. The molecule has 1 N–H and O–H groups in total. The molecule has 140 valence electrons. The number of rotatable bonds is 6. The molecule has 1 heterocycles. The topological polar surface area (TPSA) is 124 Å². The molecule has 2 rings (SSSR count). The van der Waals surface area contributed by atoms with Crippen molar-refractivity contribution in [3.63, 3.8) is 0 Å². The van der Waals surface area contributed by atoms with Gasteiger partial charge in [-0.3, -0.25) is 19.9 Å². The molecule has 27 heavy (non-hydrogen) atoms. The third kappa shape index (κ3) is 4.94. The van der Waals surface area contributed by atoms with E-state index >= 15 is 0 Å². The Labute approximate surface area is 155 Å². The lowest BCUT2D eigenvalue weighted by Crippen LogP contribution is -2.21. The van der Waals surface area contributed by atoms with Crippen molar-refractivity contribution in [1.29, 1.82) is 0 Å². The first-order valence-electron chi connectivity index (χ1n) is 8.06. The third-order valence-electron chi connectivity index (χ3n) is 3.63. The molecule has 1 amide bonds. The van der Waals surface area contributed by atoms with Gasteiger partial charge in [-0.05, 0) is 44.5 Å². The Balaban J connectivity index is 2.14. The molecule has 0 saturated heterocycles. The summed E-state index contributed by atoms with van der Waals surface area (Å²) in [5.74, 6) is -1.09. The Morgan fingerprint density at radius 3 is 2.44 bits per heavy atom. The van der Waals surface area contributed by atoms with Gasteiger partial charge in [-0.1, -0.05) is 0 Å². The second-order valence-corrected chi connectivity index (χ2v) is 5.52. The number of non-ortho nitro benzene ring substituents is 1. The number of nitro groups is 1. The second-order valence-electron chi connectivity index (χ2n) is 5.52. The van der Waals surface area contributed by atoms with Crippen molar-refractivity contribution < 1.29 is 19.2 Å². The predicted molar refractivity (Wildman–Crippen MR) is 97.8 cm³/mol. The van der Waals surface area contributed by atoms with Crippen molar-refractivity contribution in [2.45, 2.75) is 20.8 Å². The molecule has 1 aromatic heterocycles. The average Bonchev–Trinajstić information content (AvgIpc) is 2.62. The van der Waals surface area contributed by atoms with Crippen LogP contribution in [-0.2, 0) is 4.74 Å². The van der Waals surface area contributed by atoms with Crippen LogP contribution in [0.5, 0.6) is 0 Å². The maximum Gasteiger partial charge on any atom is 0.339 e. The number of aromatic nitrogens is 1. The van der Waals surface area contributed by atoms with Crippen LogP contribution in [0.1, 0.15) is 44.6 Å². The van der Waals surface area contributed by atoms with Gasteiger partial charge in [-0.2, -0.15) is 5.10 Å². The highest BCUT2D eigenvalue weighted by Gasteiger charge is 2.18. The van der Waals surface area contributed by atoms with Crippen molar-refractivity contribution >= 4 is 23.8 Å². The molecule has 1 aromatic carbocycles. The number of pyridine rings is 1. The second kappa shape index (κ2) is 8.65. The van der Waals surface area contributed by atoms with Crippen LogP contribution in [0.25, 0.3) is 0 Å². The van der Waals surface area contributed by atoms with Gasteiger partial charge in [-0.25, -0.2) is 10.2 Å². The molecule has 2 aromatic rings. The summed E-state index contributed by atoms with van der Waals surface area (Å²) < 4.78 is 4.96. The standard InChI is InChI=1S/C18H18N4O5/c1-4-27-18(24)16-9-15(11(2)20-12(16)3)17(23)21-19-10-13-5-7-14(8-6-13)22(25)26/h5-10H,4H2,1-3H3,(H,21,23)/b19-10-. The van der Waals surface area contributed by atoms with E-state index in [-0.39, 0.29) is 23.4 Å². The zero-order chi connectivity index (χ0) is 20.0. The van der Waals surface area contributed by atoms with Crippen LogP contribution in [0, 0.1) is 24.0 Å². The van der Waals surface area contributed by atoms with E-state index in [4.69, 9.17) is 4.74 Å². The van der Waals surface area contributed by atoms with E-state index in [0.29, 0.717) is 17.0 Å². The van der Waals surface area contributed by atoms with Gasteiger partial charge in [0.1, 0.15) is 0 Å². The van der Waals surface area contributed by atoms with E-state index in [0.717, 1.165) is 0 Å². The summed E-state index contributed by atoms with van der Waals surface area (Å²) in [5.41, 5.74) is 4.22. The van der Waals surface area contributed by atoms with Crippen molar-refractivity contribution in [2.75, 3.05) is 6.61 Å². The molecular weight excluding hydrogens is 352 g/mol. The average molecular weight is 370 g/mol. The number of carbonyl (C=O) groups is 2. The van der Waals surface area contributed by atoms with Crippen LogP contribution in [-0.4, -0.2) is 34.6 Å². The van der Waals surface area contributed by atoms with Gasteiger partial charge in [-0.15, -0.1) is 0 Å². The number of amides is 1. The minimum absolute atomic E-state index is 0.0379. The Hall–Kier alpha value is -3.62. The molecule has 0 aliphatic carbocycles. The predicted octanol–water partition coefficient (Wildman–Crippen LogP) is 2.55. The van der Waals surface area contributed by atoms with Crippen LogP contribution < -0.4 is 5.43 Å². The van der Waals surface area contributed by atoms with Gasteiger partial charge in [0.25, 0.3) is 11.6 Å². The minimum atomic E-state index is -0.550. The minimum Gasteiger partial charge on any atom is -0.462 e. The van der Waals surface area contributed by atoms with E-state index < -0.39 is 16.8 Å². The molecule has 9 heteroatoms. The molecule has 0 aliphatic heterocycles. The largest absolute Gasteiger partial charge is 0.462 e. The fourth-order valence-electron chi connectivity index (χ4n) is 2.28. The summed E-state index contributed by atoms with van der Waals surface area (Å²) in [5, 5.41) is 14.4. The number of benzene rings is 1. The Morgan fingerprint density at radius 2 is 1.85 bits per heavy atom. The number of hydrogen-bond acceptors (Lipinski definition) is 7. The third-order valence-corrected chi connectivity index (χ3v) is 3.63. The number of nitrogens with zero attached hydrogens (tertiary/aromatic N) is 3. The normalized spacial score (nSPS) is 10.6. The van der Waals surface area contributed by atoms with Crippen LogP contribution >= 0.6 is 0 Å². The highest BCUT2D eigenvalue weighted by Crippen LogP contribution is 2.14.